The van der Waals surface area contributed by atoms with Crippen LogP contribution in [0.4, 0.5) is 27.5 Å². The van der Waals surface area contributed by atoms with Gasteiger partial charge in [0.1, 0.15) is 0 Å². The molecule has 0 unspecified atom stereocenters. The van der Waals surface area contributed by atoms with Gasteiger partial charge < -0.3 is 10.6 Å². The zero-order chi connectivity index (χ0) is 22.6. The molecule has 3 rings (SSSR count). The molecule has 0 radical (unpaired) electrons. The maximum absolute atomic E-state index is 13.0. The number of amides is 2. The number of non-ortho nitro benzene ring substituents is 1. The van der Waals surface area contributed by atoms with Gasteiger partial charge in [0.25, 0.3) is 15.7 Å². The maximum atomic E-state index is 13.0. The minimum atomic E-state index is -4.17. The molecular weight excluding hydrogens is 420 g/mol. The molecule has 3 aromatic rings. The first-order valence-corrected chi connectivity index (χ1v) is 10.7. The van der Waals surface area contributed by atoms with Crippen molar-refractivity contribution < 1.29 is 18.1 Å². The van der Waals surface area contributed by atoms with Gasteiger partial charge in [0.05, 0.1) is 21.2 Å². The first-order valence-electron chi connectivity index (χ1n) is 9.18. The lowest BCUT2D eigenvalue weighted by Gasteiger charge is -2.15. The van der Waals surface area contributed by atoms with Crippen LogP contribution in [0.15, 0.2) is 71.6 Å². The fourth-order valence-electron chi connectivity index (χ4n) is 2.88. The van der Waals surface area contributed by atoms with Crippen molar-refractivity contribution >= 4 is 38.8 Å². The van der Waals surface area contributed by atoms with Crippen molar-refractivity contribution in [3.63, 3.8) is 0 Å². The van der Waals surface area contributed by atoms with Gasteiger partial charge in [-0.05, 0) is 49.2 Å². The van der Waals surface area contributed by atoms with E-state index >= 15 is 0 Å². The Morgan fingerprint density at radius 1 is 0.903 bits per heavy atom. The number of nitro groups is 1. The molecule has 3 N–H and O–H groups in total. The summed E-state index contributed by atoms with van der Waals surface area (Å²) in [6.07, 6.45) is 0. The highest BCUT2D eigenvalue weighted by Gasteiger charge is 2.23. The number of carbonyl (C=O) groups is 1. The summed E-state index contributed by atoms with van der Waals surface area (Å²) in [4.78, 5) is 22.6. The van der Waals surface area contributed by atoms with Crippen LogP contribution >= 0.6 is 0 Å². The van der Waals surface area contributed by atoms with E-state index in [4.69, 9.17) is 0 Å². The number of sulfonamides is 1. The van der Waals surface area contributed by atoms with Gasteiger partial charge in [0, 0.05) is 17.8 Å². The molecule has 0 saturated carbocycles. The highest BCUT2D eigenvalue weighted by molar-refractivity contribution is 7.92. The number of rotatable bonds is 6. The van der Waals surface area contributed by atoms with Crippen LogP contribution in [0.2, 0.25) is 0 Å². The van der Waals surface area contributed by atoms with Crippen LogP contribution in [0.3, 0.4) is 0 Å². The predicted molar refractivity (Wildman–Crippen MR) is 119 cm³/mol. The summed E-state index contributed by atoms with van der Waals surface area (Å²) in [7, 11) is -4.17. The van der Waals surface area contributed by atoms with Gasteiger partial charge in [-0.25, -0.2) is 13.2 Å². The molecule has 0 atom stereocenters. The molecule has 0 aliphatic heterocycles. The molecule has 10 heteroatoms. The van der Waals surface area contributed by atoms with E-state index in [9.17, 15) is 23.3 Å². The minimum absolute atomic E-state index is 0.120. The molecule has 0 aromatic heterocycles. The molecular formula is C21H20N4O5S. The number of benzene rings is 3. The molecule has 160 valence electrons. The van der Waals surface area contributed by atoms with E-state index in [-0.39, 0.29) is 22.0 Å². The zero-order valence-electron chi connectivity index (χ0n) is 16.7. The molecule has 9 nitrogen and oxygen atoms in total. The van der Waals surface area contributed by atoms with Gasteiger partial charge in [-0.3, -0.25) is 14.8 Å². The first-order chi connectivity index (χ1) is 14.7. The zero-order valence-corrected chi connectivity index (χ0v) is 17.6. The van der Waals surface area contributed by atoms with Crippen molar-refractivity contribution in [2.45, 2.75) is 18.7 Å². The number of hydrogen-bond donors (Lipinski definition) is 3. The van der Waals surface area contributed by atoms with Crippen molar-refractivity contribution in [1.29, 1.82) is 0 Å². The van der Waals surface area contributed by atoms with Gasteiger partial charge >= 0.3 is 6.03 Å². The van der Waals surface area contributed by atoms with Crippen molar-refractivity contribution in [3.8, 4) is 0 Å². The van der Waals surface area contributed by atoms with Gasteiger partial charge in [-0.2, -0.15) is 0 Å². The van der Waals surface area contributed by atoms with Gasteiger partial charge in [-0.1, -0.05) is 30.3 Å². The third-order valence-corrected chi connectivity index (χ3v) is 6.05. The summed E-state index contributed by atoms with van der Waals surface area (Å²) in [6, 6.07) is 16.8. The van der Waals surface area contributed by atoms with E-state index in [0.29, 0.717) is 16.8 Å². The SMILES string of the molecule is Cc1cc([N+](=O)[O-])cc(S(=O)(=O)Nc2ccccc2NC(=O)Nc2ccccc2)c1C. The second kappa shape index (κ2) is 8.84. The Kier molecular flexibility index (Phi) is 6.21. The Balaban J connectivity index is 1.88. The lowest BCUT2D eigenvalue weighted by Crippen LogP contribution is -2.21. The molecule has 31 heavy (non-hydrogen) atoms. The number of nitrogens with one attached hydrogen (secondary N) is 3. The summed E-state index contributed by atoms with van der Waals surface area (Å²) < 4.78 is 28.4. The number of urea groups is 1. The second-order valence-corrected chi connectivity index (χ2v) is 8.39. The van der Waals surface area contributed by atoms with Gasteiger partial charge in [-0.15, -0.1) is 0 Å². The van der Waals surface area contributed by atoms with E-state index in [1.54, 1.807) is 50.2 Å². The van der Waals surface area contributed by atoms with E-state index in [0.717, 1.165) is 6.07 Å². The van der Waals surface area contributed by atoms with Crippen LogP contribution < -0.4 is 15.4 Å². The molecule has 0 saturated heterocycles. The summed E-state index contributed by atoms with van der Waals surface area (Å²) in [6.45, 7) is 3.18. The Labute approximate surface area is 179 Å². The van der Waals surface area contributed by atoms with Gasteiger partial charge in [0.15, 0.2) is 0 Å². The second-order valence-electron chi connectivity index (χ2n) is 6.74. The molecule has 0 aliphatic carbocycles. The average molecular weight is 440 g/mol. The maximum Gasteiger partial charge on any atom is 0.323 e. The highest BCUT2D eigenvalue weighted by atomic mass is 32.2. The van der Waals surface area contributed by atoms with Crippen molar-refractivity contribution in [1.82, 2.24) is 0 Å². The number of para-hydroxylation sites is 3. The fourth-order valence-corrected chi connectivity index (χ4v) is 4.30. The Bertz CT molecular complexity index is 1240. The molecule has 0 aliphatic rings. The molecule has 3 aromatic carbocycles. The van der Waals surface area contributed by atoms with Crippen molar-refractivity contribution in [2.75, 3.05) is 15.4 Å². The summed E-state index contributed by atoms with van der Waals surface area (Å²) in [5, 5.41) is 16.4. The molecule has 0 spiro atoms. The Hall–Kier alpha value is -3.92. The molecule has 0 fully saturated rings. The topological polar surface area (TPSA) is 130 Å². The number of nitro benzene ring substituents is 1. The number of carbonyl (C=O) groups excluding carboxylic acids is 1. The van der Waals surface area contributed by atoms with Crippen LogP contribution in [0, 0.1) is 24.0 Å². The largest absolute Gasteiger partial charge is 0.323 e. The number of hydrogen-bond acceptors (Lipinski definition) is 5. The number of nitrogens with zero attached hydrogens (tertiary/aromatic N) is 1. The predicted octanol–water partition coefficient (Wildman–Crippen LogP) is 4.66. The van der Waals surface area contributed by atoms with E-state index in [2.05, 4.69) is 15.4 Å². The fraction of sp³-hybridized carbons (Fsp3) is 0.0952. The van der Waals surface area contributed by atoms with Crippen LogP contribution in [-0.4, -0.2) is 19.4 Å². The quantitative estimate of drug-likeness (QED) is 0.379. The summed E-state index contributed by atoms with van der Waals surface area (Å²) >= 11 is 0. The van der Waals surface area contributed by atoms with Crippen LogP contribution in [0.1, 0.15) is 11.1 Å². The van der Waals surface area contributed by atoms with E-state index in [1.807, 2.05) is 6.07 Å². The molecule has 2 amide bonds. The summed E-state index contributed by atoms with van der Waals surface area (Å²) in [5.41, 5.74) is 1.46. The highest BCUT2D eigenvalue weighted by Crippen LogP contribution is 2.29. The third kappa shape index (κ3) is 5.17. The van der Waals surface area contributed by atoms with E-state index < -0.39 is 21.0 Å². The van der Waals surface area contributed by atoms with Crippen molar-refractivity contribution in [2.24, 2.45) is 0 Å². The first kappa shape index (κ1) is 21.8. The number of aryl methyl sites for hydroxylation is 1. The standard InChI is InChI=1S/C21H20N4O5S/c1-14-12-17(25(27)28)13-20(15(14)2)31(29,30)24-19-11-7-6-10-18(19)23-21(26)22-16-8-4-3-5-9-16/h3-13,24H,1-2H3,(H2,22,23,26). The molecule has 0 bridgehead atoms. The van der Waals surface area contributed by atoms with Gasteiger partial charge in [0.2, 0.25) is 0 Å². The average Bonchev–Trinajstić information content (AvgIpc) is 2.71. The lowest BCUT2D eigenvalue weighted by atomic mass is 10.1. The normalized spacial score (nSPS) is 10.9. The van der Waals surface area contributed by atoms with Crippen LogP contribution in [0.25, 0.3) is 0 Å². The van der Waals surface area contributed by atoms with E-state index in [1.165, 1.54) is 18.2 Å². The minimum Gasteiger partial charge on any atom is -0.308 e. The Morgan fingerprint density at radius 2 is 1.52 bits per heavy atom. The number of anilines is 3. The third-order valence-electron chi connectivity index (χ3n) is 4.56. The monoisotopic (exact) mass is 440 g/mol. The van der Waals surface area contributed by atoms with Crippen molar-refractivity contribution in [3.05, 3.63) is 88.0 Å². The smallest absolute Gasteiger partial charge is 0.308 e. The Morgan fingerprint density at radius 3 is 2.16 bits per heavy atom. The molecule has 0 heterocycles. The van der Waals surface area contributed by atoms with Crippen LogP contribution in [0.5, 0.6) is 0 Å². The van der Waals surface area contributed by atoms with Crippen LogP contribution in [-0.2, 0) is 10.0 Å². The summed E-state index contributed by atoms with van der Waals surface area (Å²) in [5.74, 6) is 0. The lowest BCUT2D eigenvalue weighted by molar-refractivity contribution is -0.385.